The second kappa shape index (κ2) is 5.61. The minimum absolute atomic E-state index is 0.590. The van der Waals surface area contributed by atoms with Gasteiger partial charge in [-0.15, -0.1) is 0 Å². The molecule has 90 valence electrons. The number of nitrogens with zero attached hydrogens (tertiary/aromatic N) is 1. The van der Waals surface area contributed by atoms with Crippen molar-refractivity contribution in [2.45, 2.75) is 12.7 Å². The molecule has 0 bridgehead atoms. The van der Waals surface area contributed by atoms with E-state index in [1.807, 2.05) is 30.0 Å². The van der Waals surface area contributed by atoms with E-state index in [-0.39, 0.29) is 0 Å². The first kappa shape index (κ1) is 12.5. The second-order valence-electron chi connectivity index (χ2n) is 3.63. The number of benzene rings is 1. The molecular formula is C13H14ClNOS. The fraction of sp³-hybridized carbons (Fsp3) is 0.308. The monoisotopic (exact) mass is 267 g/mol. The fourth-order valence-electron chi connectivity index (χ4n) is 1.61. The number of hydrogen-bond acceptors (Lipinski definition) is 3. The maximum atomic E-state index is 6.17. The molecule has 0 atom stereocenters. The van der Waals surface area contributed by atoms with E-state index >= 15 is 0 Å². The summed E-state index contributed by atoms with van der Waals surface area (Å²) >= 11 is 8.01. The topological polar surface area (TPSA) is 22.1 Å². The molecule has 1 aromatic carbocycles. The molecule has 0 aliphatic heterocycles. The number of ether oxygens (including phenoxy) is 1. The summed E-state index contributed by atoms with van der Waals surface area (Å²) in [4.78, 5) is 4.41. The van der Waals surface area contributed by atoms with E-state index in [2.05, 4.69) is 18.0 Å². The van der Waals surface area contributed by atoms with Gasteiger partial charge in [0, 0.05) is 22.8 Å². The molecule has 2 aromatic rings. The molecule has 4 heteroatoms. The molecule has 0 radical (unpaired) electrons. The fourth-order valence-corrected chi connectivity index (χ4v) is 2.54. The zero-order valence-corrected chi connectivity index (χ0v) is 11.4. The van der Waals surface area contributed by atoms with Gasteiger partial charge in [0.1, 0.15) is 10.9 Å². The molecular weight excluding hydrogens is 254 g/mol. The summed E-state index contributed by atoms with van der Waals surface area (Å²) in [7, 11) is 1.65. The minimum Gasteiger partial charge on any atom is -0.497 e. The number of pyridine rings is 1. The lowest BCUT2D eigenvalue weighted by molar-refractivity contribution is 0.415. The van der Waals surface area contributed by atoms with Gasteiger partial charge in [-0.1, -0.05) is 18.5 Å². The molecule has 0 unspecified atom stereocenters. The SMILES string of the molecule is CCSCc1cc2ccc(OC)cc2nc1Cl. The normalized spacial score (nSPS) is 10.8. The Kier molecular flexibility index (Phi) is 4.13. The molecule has 17 heavy (non-hydrogen) atoms. The Labute approximate surface area is 110 Å². The van der Waals surface area contributed by atoms with E-state index in [0.29, 0.717) is 5.15 Å². The number of thioether (sulfide) groups is 1. The Balaban J connectivity index is 2.43. The van der Waals surface area contributed by atoms with Crippen LogP contribution in [0.25, 0.3) is 10.9 Å². The average molecular weight is 268 g/mol. The van der Waals surface area contributed by atoms with E-state index < -0.39 is 0 Å². The van der Waals surface area contributed by atoms with E-state index in [0.717, 1.165) is 33.7 Å². The number of halogens is 1. The van der Waals surface area contributed by atoms with Crippen LogP contribution in [-0.2, 0) is 5.75 Å². The molecule has 0 N–H and O–H groups in total. The van der Waals surface area contributed by atoms with Crippen molar-refractivity contribution in [3.8, 4) is 5.75 Å². The first-order valence-electron chi connectivity index (χ1n) is 5.45. The van der Waals surface area contributed by atoms with Crippen molar-refractivity contribution in [2.75, 3.05) is 12.9 Å². The highest BCUT2D eigenvalue weighted by atomic mass is 35.5. The second-order valence-corrected chi connectivity index (χ2v) is 5.27. The van der Waals surface area contributed by atoms with Gasteiger partial charge in [-0.05, 0) is 24.0 Å². The third-order valence-electron chi connectivity index (χ3n) is 2.51. The maximum absolute atomic E-state index is 6.17. The molecule has 0 spiro atoms. The quantitative estimate of drug-likeness (QED) is 0.777. The molecule has 0 aliphatic rings. The van der Waals surface area contributed by atoms with E-state index in [9.17, 15) is 0 Å². The van der Waals surface area contributed by atoms with Crippen LogP contribution in [0.3, 0.4) is 0 Å². The third-order valence-corrected chi connectivity index (χ3v) is 3.76. The van der Waals surface area contributed by atoms with Gasteiger partial charge in [-0.2, -0.15) is 11.8 Å². The van der Waals surface area contributed by atoms with Crippen LogP contribution in [0.4, 0.5) is 0 Å². The van der Waals surface area contributed by atoms with Crippen LogP contribution in [-0.4, -0.2) is 17.8 Å². The largest absolute Gasteiger partial charge is 0.497 e. The zero-order valence-electron chi connectivity index (χ0n) is 9.87. The van der Waals surface area contributed by atoms with Crippen LogP contribution in [0, 0.1) is 0 Å². The highest BCUT2D eigenvalue weighted by Gasteiger charge is 2.05. The van der Waals surface area contributed by atoms with Gasteiger partial charge in [0.25, 0.3) is 0 Å². The van der Waals surface area contributed by atoms with E-state index in [4.69, 9.17) is 16.3 Å². The summed E-state index contributed by atoms with van der Waals surface area (Å²) in [5.41, 5.74) is 1.97. The van der Waals surface area contributed by atoms with Crippen molar-refractivity contribution in [1.29, 1.82) is 0 Å². The van der Waals surface area contributed by atoms with Crippen molar-refractivity contribution in [1.82, 2.24) is 4.98 Å². The summed E-state index contributed by atoms with van der Waals surface area (Å²) in [5, 5.41) is 1.69. The number of fused-ring (bicyclic) bond motifs is 1. The molecule has 0 amide bonds. The first-order chi connectivity index (χ1) is 8.24. The molecule has 0 fully saturated rings. The molecule has 2 nitrogen and oxygen atoms in total. The van der Waals surface area contributed by atoms with Crippen LogP contribution < -0.4 is 4.74 Å². The minimum atomic E-state index is 0.590. The van der Waals surface area contributed by atoms with Crippen LogP contribution in [0.1, 0.15) is 12.5 Å². The Morgan fingerprint density at radius 3 is 2.88 bits per heavy atom. The summed E-state index contributed by atoms with van der Waals surface area (Å²) in [6.45, 7) is 2.14. The smallest absolute Gasteiger partial charge is 0.133 e. The summed E-state index contributed by atoms with van der Waals surface area (Å²) in [6.07, 6.45) is 0. The van der Waals surface area contributed by atoms with Crippen molar-refractivity contribution < 1.29 is 4.74 Å². The van der Waals surface area contributed by atoms with Gasteiger partial charge in [0.15, 0.2) is 0 Å². The number of aromatic nitrogens is 1. The molecule has 0 saturated carbocycles. The lowest BCUT2D eigenvalue weighted by Gasteiger charge is -2.06. The predicted molar refractivity (Wildman–Crippen MR) is 75.1 cm³/mol. The third kappa shape index (κ3) is 2.85. The van der Waals surface area contributed by atoms with Crippen molar-refractivity contribution in [2.24, 2.45) is 0 Å². The van der Waals surface area contributed by atoms with Gasteiger partial charge >= 0.3 is 0 Å². The highest BCUT2D eigenvalue weighted by Crippen LogP contribution is 2.26. The standard InChI is InChI=1S/C13H14ClNOS/c1-3-17-8-10-6-9-4-5-11(16-2)7-12(9)15-13(10)14/h4-7H,3,8H2,1-2H3. The Morgan fingerprint density at radius 1 is 1.35 bits per heavy atom. The van der Waals surface area contributed by atoms with E-state index in [1.54, 1.807) is 7.11 Å². The molecule has 0 saturated heterocycles. The summed E-state index contributed by atoms with van der Waals surface area (Å²) in [5.74, 6) is 2.79. The number of methoxy groups -OCH3 is 1. The number of rotatable bonds is 4. The van der Waals surface area contributed by atoms with Gasteiger partial charge in [-0.25, -0.2) is 4.98 Å². The van der Waals surface area contributed by atoms with Crippen molar-refractivity contribution in [3.63, 3.8) is 0 Å². The molecule has 1 aromatic heterocycles. The predicted octanol–water partition coefficient (Wildman–Crippen LogP) is 4.15. The lowest BCUT2D eigenvalue weighted by Crippen LogP contribution is -1.90. The van der Waals surface area contributed by atoms with Gasteiger partial charge in [0.05, 0.1) is 12.6 Å². The lowest BCUT2D eigenvalue weighted by atomic mass is 10.1. The Hall–Kier alpha value is -0.930. The Morgan fingerprint density at radius 2 is 2.18 bits per heavy atom. The average Bonchev–Trinajstić information content (AvgIpc) is 2.35. The maximum Gasteiger partial charge on any atom is 0.133 e. The molecule has 2 rings (SSSR count). The zero-order chi connectivity index (χ0) is 12.3. The highest BCUT2D eigenvalue weighted by molar-refractivity contribution is 7.98. The summed E-state index contributed by atoms with van der Waals surface area (Å²) in [6, 6.07) is 7.96. The van der Waals surface area contributed by atoms with Crippen molar-refractivity contribution in [3.05, 3.63) is 35.0 Å². The van der Waals surface area contributed by atoms with Gasteiger partial charge in [0.2, 0.25) is 0 Å². The summed E-state index contributed by atoms with van der Waals surface area (Å²) < 4.78 is 5.17. The van der Waals surface area contributed by atoms with Gasteiger partial charge in [-0.3, -0.25) is 0 Å². The van der Waals surface area contributed by atoms with Crippen molar-refractivity contribution >= 4 is 34.3 Å². The number of hydrogen-bond donors (Lipinski definition) is 0. The molecule has 1 heterocycles. The first-order valence-corrected chi connectivity index (χ1v) is 6.98. The van der Waals surface area contributed by atoms with Crippen LogP contribution in [0.15, 0.2) is 24.3 Å². The molecule has 0 aliphatic carbocycles. The van der Waals surface area contributed by atoms with Gasteiger partial charge < -0.3 is 4.74 Å². The van der Waals surface area contributed by atoms with Crippen LogP contribution >= 0.6 is 23.4 Å². The van der Waals surface area contributed by atoms with E-state index in [1.165, 1.54) is 0 Å². The van der Waals surface area contributed by atoms with Crippen LogP contribution in [0.5, 0.6) is 5.75 Å². The Bertz CT molecular complexity index is 530. The van der Waals surface area contributed by atoms with Crippen LogP contribution in [0.2, 0.25) is 5.15 Å².